The first-order valence-corrected chi connectivity index (χ1v) is 14.2. The second-order valence-electron chi connectivity index (χ2n) is 11.9. The van der Waals surface area contributed by atoms with E-state index < -0.39 is 0 Å². The van der Waals surface area contributed by atoms with Crippen LogP contribution in [0.15, 0.2) is 0 Å². The van der Waals surface area contributed by atoms with E-state index in [-0.39, 0.29) is 35.2 Å². The number of fused-ring (bicyclic) bond motifs is 5. The van der Waals surface area contributed by atoms with E-state index in [2.05, 4.69) is 13.8 Å². The summed E-state index contributed by atoms with van der Waals surface area (Å²) in [4.78, 5) is 0. The molecule has 8 unspecified atom stereocenters. The van der Waals surface area contributed by atoms with Crippen LogP contribution >= 0.6 is 0 Å². The van der Waals surface area contributed by atoms with Gasteiger partial charge in [-0.3, -0.25) is 0 Å². The number of nitrogens with two attached hydrogens (primary N) is 3. The number of aliphatic hydroxyl groups excluding tert-OH is 1. The van der Waals surface area contributed by atoms with Gasteiger partial charge in [-0.1, -0.05) is 13.8 Å². The molecular weight excluding hydrogens is 442 g/mol. The van der Waals surface area contributed by atoms with Crippen molar-refractivity contribution in [3.05, 3.63) is 11.8 Å². The predicted octanol–water partition coefficient (Wildman–Crippen LogP) is 2.73. The fourth-order valence-electron chi connectivity index (χ4n) is 7.89. The molecule has 2 radical (unpaired) electrons. The Labute approximate surface area is 213 Å². The van der Waals surface area contributed by atoms with Gasteiger partial charge in [-0.25, -0.2) is 0 Å². The van der Waals surface area contributed by atoms with Crippen molar-refractivity contribution in [1.82, 2.24) is 0 Å². The SMILES string of the molecule is CC12CCC(OCCCN)C[C]1CC(OCCCN)[C]1C2CC(OCCCN)C2(C)C(O)CCC12. The van der Waals surface area contributed by atoms with Crippen molar-refractivity contribution in [1.29, 1.82) is 0 Å². The fourth-order valence-corrected chi connectivity index (χ4v) is 7.89. The smallest absolute Gasteiger partial charge is 0.0659 e. The highest BCUT2D eigenvalue weighted by Crippen LogP contribution is 2.68. The van der Waals surface area contributed by atoms with Gasteiger partial charge in [0.2, 0.25) is 0 Å². The predicted molar refractivity (Wildman–Crippen MR) is 138 cm³/mol. The van der Waals surface area contributed by atoms with Crippen LogP contribution in [0.25, 0.3) is 0 Å². The minimum Gasteiger partial charge on any atom is -0.392 e. The number of hydrogen-bond acceptors (Lipinski definition) is 7. The van der Waals surface area contributed by atoms with E-state index in [0.717, 1.165) is 70.8 Å². The zero-order valence-electron chi connectivity index (χ0n) is 22.2. The highest BCUT2D eigenvalue weighted by Gasteiger charge is 2.66. The van der Waals surface area contributed by atoms with Gasteiger partial charge < -0.3 is 36.5 Å². The molecule has 0 aromatic rings. The minimum atomic E-state index is -0.335. The van der Waals surface area contributed by atoms with Crippen molar-refractivity contribution < 1.29 is 19.3 Å². The highest BCUT2D eigenvalue weighted by molar-refractivity contribution is 5.32. The lowest BCUT2D eigenvalue weighted by Crippen LogP contribution is -2.62. The third kappa shape index (κ3) is 5.34. The normalized spacial score (nSPS) is 42.0. The van der Waals surface area contributed by atoms with E-state index in [0.29, 0.717) is 44.7 Å². The van der Waals surface area contributed by atoms with Crippen LogP contribution in [0.3, 0.4) is 0 Å². The second-order valence-corrected chi connectivity index (χ2v) is 11.9. The Bertz CT molecular complexity index is 668. The number of rotatable bonds is 12. The summed E-state index contributed by atoms with van der Waals surface area (Å²) < 4.78 is 19.4. The Hall–Kier alpha value is -0.280. The van der Waals surface area contributed by atoms with Crippen LogP contribution in [-0.2, 0) is 14.2 Å². The van der Waals surface area contributed by atoms with Gasteiger partial charge in [-0.05, 0) is 107 Å². The molecule has 4 fully saturated rings. The quantitative estimate of drug-likeness (QED) is 0.308. The summed E-state index contributed by atoms with van der Waals surface area (Å²) in [5, 5.41) is 11.2. The summed E-state index contributed by atoms with van der Waals surface area (Å²) >= 11 is 0. The monoisotopic (exact) mass is 493 g/mol. The first kappa shape index (κ1) is 27.7. The zero-order valence-corrected chi connectivity index (χ0v) is 22.2. The van der Waals surface area contributed by atoms with Crippen LogP contribution in [-0.4, -0.2) is 69.0 Å². The summed E-state index contributed by atoms with van der Waals surface area (Å²) in [5.41, 5.74) is 17.2. The standard InChI is InChI=1S/C28H51N3O4/c1-27-9-8-20(33-13-3-10-29)16-19(27)17-23(34-14-4-11-30)26-21-6-7-24(32)28(21,2)25(18-22(26)27)35-15-5-12-31/h20-25,32H,3-18,29-31H2,1-2H3. The van der Waals surface area contributed by atoms with E-state index in [4.69, 9.17) is 31.4 Å². The first-order chi connectivity index (χ1) is 16.9. The van der Waals surface area contributed by atoms with Crippen LogP contribution in [0.1, 0.15) is 78.1 Å². The second kappa shape index (κ2) is 12.1. The van der Waals surface area contributed by atoms with E-state index in [1.165, 1.54) is 0 Å². The van der Waals surface area contributed by atoms with Crippen LogP contribution in [0.5, 0.6) is 0 Å². The van der Waals surface area contributed by atoms with Gasteiger partial charge in [0.25, 0.3) is 0 Å². The molecule has 0 aromatic carbocycles. The summed E-state index contributed by atoms with van der Waals surface area (Å²) in [6, 6.07) is 0. The minimum absolute atomic E-state index is 0.0460. The molecule has 0 saturated heterocycles. The average molecular weight is 494 g/mol. The molecule has 0 aliphatic heterocycles. The van der Waals surface area contributed by atoms with Crippen molar-refractivity contribution in [3.8, 4) is 0 Å². The van der Waals surface area contributed by atoms with Crippen molar-refractivity contribution in [3.63, 3.8) is 0 Å². The Morgan fingerprint density at radius 3 is 2.17 bits per heavy atom. The molecule has 35 heavy (non-hydrogen) atoms. The van der Waals surface area contributed by atoms with E-state index >= 15 is 0 Å². The van der Waals surface area contributed by atoms with Crippen LogP contribution in [0.4, 0.5) is 0 Å². The molecule has 4 saturated carbocycles. The lowest BCUT2D eigenvalue weighted by Gasteiger charge is -2.63. The molecule has 8 atom stereocenters. The van der Waals surface area contributed by atoms with Crippen molar-refractivity contribution in [2.24, 2.45) is 39.9 Å². The molecule has 0 spiro atoms. The summed E-state index contributed by atoms with van der Waals surface area (Å²) in [5.74, 6) is 3.92. The number of aliphatic hydroxyl groups is 1. The summed E-state index contributed by atoms with van der Waals surface area (Å²) in [7, 11) is 0. The fraction of sp³-hybridized carbons (Fsp3) is 0.929. The molecule has 7 nitrogen and oxygen atoms in total. The molecule has 0 amide bonds. The van der Waals surface area contributed by atoms with E-state index in [1.807, 2.05) is 0 Å². The zero-order chi connectivity index (χ0) is 25.1. The lowest BCUT2D eigenvalue weighted by molar-refractivity contribution is -0.159. The molecule has 4 aliphatic carbocycles. The molecule has 202 valence electrons. The third-order valence-corrected chi connectivity index (χ3v) is 10.0. The van der Waals surface area contributed by atoms with Crippen molar-refractivity contribution in [2.75, 3.05) is 39.5 Å². The van der Waals surface area contributed by atoms with Crippen LogP contribution in [0, 0.1) is 34.5 Å². The van der Waals surface area contributed by atoms with Crippen molar-refractivity contribution >= 4 is 0 Å². The van der Waals surface area contributed by atoms with Gasteiger partial charge in [0.1, 0.15) is 0 Å². The van der Waals surface area contributed by atoms with Gasteiger partial charge in [0.15, 0.2) is 0 Å². The van der Waals surface area contributed by atoms with Crippen LogP contribution < -0.4 is 17.2 Å². The summed E-state index contributed by atoms with van der Waals surface area (Å²) in [6.45, 7) is 8.83. The van der Waals surface area contributed by atoms with Gasteiger partial charge >= 0.3 is 0 Å². The molecule has 4 aliphatic rings. The van der Waals surface area contributed by atoms with E-state index in [1.54, 1.807) is 11.8 Å². The third-order valence-electron chi connectivity index (χ3n) is 10.0. The maximum absolute atomic E-state index is 11.2. The molecule has 0 heterocycles. The molecular formula is C28H51N3O4. The Morgan fingerprint density at radius 2 is 1.49 bits per heavy atom. The molecule has 7 N–H and O–H groups in total. The molecule has 7 heteroatoms. The Kier molecular flexibility index (Phi) is 9.56. The molecule has 4 rings (SSSR count). The van der Waals surface area contributed by atoms with E-state index in [9.17, 15) is 5.11 Å². The molecule has 0 bridgehead atoms. The Morgan fingerprint density at radius 1 is 0.829 bits per heavy atom. The van der Waals surface area contributed by atoms with Gasteiger partial charge in [0, 0.05) is 31.2 Å². The topological polar surface area (TPSA) is 126 Å². The van der Waals surface area contributed by atoms with Gasteiger partial charge in [-0.15, -0.1) is 0 Å². The maximum atomic E-state index is 11.2. The number of hydrogen-bond donors (Lipinski definition) is 4. The Balaban J connectivity index is 1.60. The van der Waals surface area contributed by atoms with Crippen molar-refractivity contribution in [2.45, 2.75) is 102 Å². The van der Waals surface area contributed by atoms with Crippen LogP contribution in [0.2, 0.25) is 0 Å². The highest BCUT2D eigenvalue weighted by atomic mass is 16.5. The largest absolute Gasteiger partial charge is 0.392 e. The van der Waals surface area contributed by atoms with Gasteiger partial charge in [0.05, 0.1) is 24.4 Å². The average Bonchev–Trinajstić information content (AvgIpc) is 3.15. The maximum Gasteiger partial charge on any atom is 0.0659 e. The molecule has 0 aromatic heterocycles. The number of ether oxygens (including phenoxy) is 3. The van der Waals surface area contributed by atoms with Gasteiger partial charge in [-0.2, -0.15) is 0 Å². The first-order valence-electron chi connectivity index (χ1n) is 14.2. The lowest BCUT2D eigenvalue weighted by atomic mass is 9.43. The summed E-state index contributed by atoms with van der Waals surface area (Å²) in [6.07, 6.45) is 9.80.